The van der Waals surface area contributed by atoms with E-state index in [1.807, 2.05) is 13.0 Å². The van der Waals surface area contributed by atoms with Crippen molar-refractivity contribution in [2.75, 3.05) is 25.0 Å². The summed E-state index contributed by atoms with van der Waals surface area (Å²) < 4.78 is 18.8. The minimum absolute atomic E-state index is 0.136. The first-order valence-corrected chi connectivity index (χ1v) is 9.33. The Bertz CT molecular complexity index is 864. The maximum absolute atomic E-state index is 13.4. The molecule has 1 fully saturated rings. The topological polar surface area (TPSA) is 95.9 Å². The highest BCUT2D eigenvalue weighted by atomic mass is 19.1. The van der Waals surface area contributed by atoms with Crippen LogP contribution in [0.15, 0.2) is 39.7 Å². The van der Waals surface area contributed by atoms with Crippen molar-refractivity contribution in [1.29, 1.82) is 0 Å². The number of aryl methyl sites for hydroxylation is 1. The normalized spacial score (nSPS) is 17.5. The van der Waals surface area contributed by atoms with Crippen molar-refractivity contribution in [3.63, 3.8) is 0 Å². The van der Waals surface area contributed by atoms with Gasteiger partial charge < -0.3 is 25.7 Å². The molecule has 2 aromatic rings. The van der Waals surface area contributed by atoms with Gasteiger partial charge in [-0.1, -0.05) is 0 Å². The SMILES string of the molecule is CN=C(NCc1ccc(C(N)=O)o1)NC1CCCN(c2ccc(F)cc2C)C1. The van der Waals surface area contributed by atoms with Crippen molar-refractivity contribution in [2.45, 2.75) is 32.4 Å². The number of hydrogen-bond donors (Lipinski definition) is 3. The van der Waals surface area contributed by atoms with Gasteiger partial charge in [0.1, 0.15) is 11.6 Å². The molecule has 1 aliphatic rings. The molecule has 0 radical (unpaired) electrons. The van der Waals surface area contributed by atoms with E-state index >= 15 is 0 Å². The van der Waals surface area contributed by atoms with E-state index in [1.165, 1.54) is 6.07 Å². The van der Waals surface area contributed by atoms with Crippen LogP contribution >= 0.6 is 0 Å². The number of nitrogens with one attached hydrogen (secondary N) is 2. The number of benzene rings is 1. The Morgan fingerprint density at radius 3 is 2.89 bits per heavy atom. The summed E-state index contributed by atoms with van der Waals surface area (Å²) in [5, 5.41) is 6.61. The number of guanidine groups is 1. The van der Waals surface area contributed by atoms with Gasteiger partial charge in [0.2, 0.25) is 0 Å². The number of nitrogens with zero attached hydrogens (tertiary/aromatic N) is 2. The molecular weight excluding hydrogens is 361 g/mol. The summed E-state index contributed by atoms with van der Waals surface area (Å²) in [6.45, 7) is 4.07. The van der Waals surface area contributed by atoms with E-state index < -0.39 is 5.91 Å². The summed E-state index contributed by atoms with van der Waals surface area (Å²) in [5.74, 6) is 0.586. The molecule has 2 heterocycles. The van der Waals surface area contributed by atoms with Crippen LogP contribution in [-0.2, 0) is 6.54 Å². The zero-order valence-electron chi connectivity index (χ0n) is 16.2. The standard InChI is InChI=1S/C20H26FN5O2/c1-13-10-14(21)5-7-17(13)26-9-3-4-15(12-26)25-20(23-2)24-11-16-6-8-18(28-16)19(22)27/h5-8,10,15H,3-4,9,11-12H2,1-2H3,(H2,22,27)(H2,23,24,25). The lowest BCUT2D eigenvalue weighted by atomic mass is 10.0. The number of primary amides is 1. The molecule has 7 nitrogen and oxygen atoms in total. The lowest BCUT2D eigenvalue weighted by molar-refractivity contribution is 0.0972. The number of furan rings is 1. The van der Waals surface area contributed by atoms with Crippen molar-refractivity contribution in [3.05, 3.63) is 53.2 Å². The van der Waals surface area contributed by atoms with Gasteiger partial charge in [0, 0.05) is 31.9 Å². The van der Waals surface area contributed by atoms with E-state index in [9.17, 15) is 9.18 Å². The Balaban J connectivity index is 1.57. The molecule has 0 aliphatic carbocycles. The number of piperidine rings is 1. The fraction of sp³-hybridized carbons (Fsp3) is 0.400. The fourth-order valence-corrected chi connectivity index (χ4v) is 3.45. The van der Waals surface area contributed by atoms with Gasteiger partial charge >= 0.3 is 0 Å². The molecule has 3 rings (SSSR count). The average molecular weight is 387 g/mol. The van der Waals surface area contributed by atoms with Gasteiger partial charge in [0.15, 0.2) is 11.7 Å². The quantitative estimate of drug-likeness (QED) is 0.540. The van der Waals surface area contributed by atoms with Gasteiger partial charge in [0.25, 0.3) is 5.91 Å². The van der Waals surface area contributed by atoms with Gasteiger partial charge in [-0.25, -0.2) is 4.39 Å². The molecular formula is C20H26FN5O2. The lowest BCUT2D eigenvalue weighted by Crippen LogP contribution is -2.51. The summed E-state index contributed by atoms with van der Waals surface area (Å²) in [5.41, 5.74) is 7.20. The summed E-state index contributed by atoms with van der Waals surface area (Å²) >= 11 is 0. The largest absolute Gasteiger partial charge is 0.454 e. The van der Waals surface area contributed by atoms with E-state index in [2.05, 4.69) is 20.5 Å². The highest BCUT2D eigenvalue weighted by molar-refractivity contribution is 5.89. The van der Waals surface area contributed by atoms with Gasteiger partial charge in [-0.3, -0.25) is 9.79 Å². The van der Waals surface area contributed by atoms with E-state index in [1.54, 1.807) is 25.2 Å². The third-order valence-electron chi connectivity index (χ3n) is 4.82. The average Bonchev–Trinajstić information content (AvgIpc) is 3.15. The van der Waals surface area contributed by atoms with Crippen LogP contribution in [0.4, 0.5) is 10.1 Å². The molecule has 1 saturated heterocycles. The highest BCUT2D eigenvalue weighted by Crippen LogP contribution is 2.24. The lowest BCUT2D eigenvalue weighted by Gasteiger charge is -2.36. The van der Waals surface area contributed by atoms with Crippen molar-refractivity contribution < 1.29 is 13.6 Å². The second kappa shape index (κ2) is 8.77. The monoisotopic (exact) mass is 387 g/mol. The van der Waals surface area contributed by atoms with Crippen LogP contribution in [0.3, 0.4) is 0 Å². The molecule has 4 N–H and O–H groups in total. The van der Waals surface area contributed by atoms with Crippen LogP contribution in [0.5, 0.6) is 0 Å². The first-order valence-electron chi connectivity index (χ1n) is 9.33. The predicted octanol–water partition coefficient (Wildman–Crippen LogP) is 2.16. The zero-order chi connectivity index (χ0) is 20.1. The maximum atomic E-state index is 13.4. The molecule has 28 heavy (non-hydrogen) atoms. The van der Waals surface area contributed by atoms with E-state index in [-0.39, 0.29) is 17.6 Å². The van der Waals surface area contributed by atoms with E-state index in [0.717, 1.165) is 37.2 Å². The molecule has 0 spiro atoms. The molecule has 1 aromatic carbocycles. The summed E-state index contributed by atoms with van der Waals surface area (Å²) in [4.78, 5) is 17.6. The first-order chi connectivity index (χ1) is 13.5. The molecule has 1 aliphatic heterocycles. The van der Waals surface area contributed by atoms with Crippen molar-refractivity contribution in [1.82, 2.24) is 10.6 Å². The Labute approximate surface area is 163 Å². The predicted molar refractivity (Wildman–Crippen MR) is 107 cm³/mol. The molecule has 0 saturated carbocycles. The van der Waals surface area contributed by atoms with E-state index in [0.29, 0.717) is 18.3 Å². The molecule has 1 unspecified atom stereocenters. The van der Waals surface area contributed by atoms with E-state index in [4.69, 9.17) is 10.2 Å². The number of halogens is 1. The van der Waals surface area contributed by atoms with Crippen LogP contribution in [0.1, 0.15) is 34.7 Å². The second-order valence-electron chi connectivity index (χ2n) is 6.92. The number of anilines is 1. The van der Waals surface area contributed by atoms with Crippen LogP contribution in [-0.4, -0.2) is 38.0 Å². The van der Waals surface area contributed by atoms with Crippen molar-refractivity contribution in [3.8, 4) is 0 Å². The van der Waals surface area contributed by atoms with Crippen LogP contribution in [0.25, 0.3) is 0 Å². The smallest absolute Gasteiger partial charge is 0.284 e. The van der Waals surface area contributed by atoms with Crippen LogP contribution < -0.4 is 21.3 Å². The van der Waals surface area contributed by atoms with Gasteiger partial charge in [-0.2, -0.15) is 0 Å². The highest BCUT2D eigenvalue weighted by Gasteiger charge is 2.22. The van der Waals surface area contributed by atoms with Gasteiger partial charge in [0.05, 0.1) is 6.54 Å². The molecule has 8 heteroatoms. The van der Waals surface area contributed by atoms with Gasteiger partial charge in [-0.15, -0.1) is 0 Å². The van der Waals surface area contributed by atoms with Crippen LogP contribution in [0, 0.1) is 12.7 Å². The minimum atomic E-state index is -0.591. The number of rotatable bonds is 5. The Morgan fingerprint density at radius 2 is 2.21 bits per heavy atom. The molecule has 1 atom stereocenters. The number of carbonyl (C=O) groups is 1. The fourth-order valence-electron chi connectivity index (χ4n) is 3.45. The number of carbonyl (C=O) groups excluding carboxylic acids is 1. The maximum Gasteiger partial charge on any atom is 0.284 e. The third kappa shape index (κ3) is 4.82. The summed E-state index contributed by atoms with van der Waals surface area (Å²) in [6, 6.07) is 8.38. The van der Waals surface area contributed by atoms with Crippen molar-refractivity contribution in [2.24, 2.45) is 10.7 Å². The number of aliphatic imine (C=N–C) groups is 1. The molecule has 1 amide bonds. The summed E-state index contributed by atoms with van der Waals surface area (Å²) in [7, 11) is 1.71. The Kier molecular flexibility index (Phi) is 6.18. The Morgan fingerprint density at radius 1 is 1.39 bits per heavy atom. The number of hydrogen-bond acceptors (Lipinski definition) is 4. The van der Waals surface area contributed by atoms with Gasteiger partial charge in [-0.05, 0) is 55.7 Å². The molecule has 0 bridgehead atoms. The first kappa shape index (κ1) is 19.7. The number of nitrogens with two attached hydrogens (primary N) is 1. The summed E-state index contributed by atoms with van der Waals surface area (Å²) in [6.07, 6.45) is 2.05. The minimum Gasteiger partial charge on any atom is -0.454 e. The van der Waals surface area contributed by atoms with Crippen LogP contribution in [0.2, 0.25) is 0 Å². The third-order valence-corrected chi connectivity index (χ3v) is 4.82. The second-order valence-corrected chi connectivity index (χ2v) is 6.92. The molecule has 1 aromatic heterocycles. The zero-order valence-corrected chi connectivity index (χ0v) is 16.2. The molecule has 150 valence electrons. The number of amides is 1. The Hall–Kier alpha value is -3.03. The van der Waals surface area contributed by atoms with Crippen molar-refractivity contribution >= 4 is 17.6 Å².